The topological polar surface area (TPSA) is 89.9 Å². The van der Waals surface area contributed by atoms with Crippen LogP contribution in [0, 0.1) is 0 Å². The number of carbonyl (C=O) groups is 3. The first-order chi connectivity index (χ1) is 13.1. The first-order valence-corrected chi connectivity index (χ1v) is 8.61. The van der Waals surface area contributed by atoms with Gasteiger partial charge in [0.2, 0.25) is 0 Å². The summed E-state index contributed by atoms with van der Waals surface area (Å²) >= 11 is 0. The van der Waals surface area contributed by atoms with Gasteiger partial charge >= 0.3 is 5.97 Å². The standard InChI is InChI=1S/C21H14O6/c22-12-8-4-7-11-15(12)19(25)17-16(18(11)24)21-13(9-14(23)27-21)26-20(17)10-5-2-1-3-6-10/h1-8,13,20-22H,9H2/t13-,20+,21+/m1/s1. The maximum atomic E-state index is 13.3. The molecule has 1 fully saturated rings. The zero-order valence-electron chi connectivity index (χ0n) is 14.0. The second-order valence-electron chi connectivity index (χ2n) is 6.77. The van der Waals surface area contributed by atoms with E-state index in [4.69, 9.17) is 9.47 Å². The van der Waals surface area contributed by atoms with Gasteiger partial charge in [0, 0.05) is 11.1 Å². The molecule has 0 aromatic heterocycles. The Kier molecular flexibility index (Phi) is 3.32. The zero-order chi connectivity index (χ0) is 18.7. The highest BCUT2D eigenvalue weighted by Gasteiger charge is 2.52. The Morgan fingerprint density at radius 1 is 0.889 bits per heavy atom. The van der Waals surface area contributed by atoms with Gasteiger partial charge in [-0.05, 0) is 11.6 Å². The molecular formula is C21H14O6. The zero-order valence-corrected chi connectivity index (χ0v) is 14.0. The maximum absolute atomic E-state index is 13.3. The van der Waals surface area contributed by atoms with Gasteiger partial charge in [-0.2, -0.15) is 0 Å². The van der Waals surface area contributed by atoms with Crippen LogP contribution in [0.15, 0.2) is 59.7 Å². The van der Waals surface area contributed by atoms with Gasteiger partial charge in [0.25, 0.3) is 0 Å². The summed E-state index contributed by atoms with van der Waals surface area (Å²) in [6.45, 7) is 0. The molecule has 27 heavy (non-hydrogen) atoms. The fraction of sp³-hybridized carbons (Fsp3) is 0.190. The smallest absolute Gasteiger partial charge is 0.309 e. The molecule has 0 spiro atoms. The van der Waals surface area contributed by atoms with Gasteiger partial charge in [-0.3, -0.25) is 14.4 Å². The molecule has 0 unspecified atom stereocenters. The van der Waals surface area contributed by atoms with E-state index in [0.29, 0.717) is 5.56 Å². The first-order valence-electron chi connectivity index (χ1n) is 8.61. The number of Topliss-reactive ketones (excluding diaryl/α,β-unsaturated/α-hetero) is 2. The molecule has 1 aliphatic carbocycles. The van der Waals surface area contributed by atoms with Gasteiger partial charge in [0.05, 0.1) is 17.6 Å². The van der Waals surface area contributed by atoms with Gasteiger partial charge in [0.15, 0.2) is 17.7 Å². The van der Waals surface area contributed by atoms with E-state index in [1.807, 2.05) is 18.2 Å². The van der Waals surface area contributed by atoms with Gasteiger partial charge in [0.1, 0.15) is 18.0 Å². The number of hydrogen-bond donors (Lipinski definition) is 1. The highest BCUT2D eigenvalue weighted by molar-refractivity contribution is 6.29. The Labute approximate surface area is 154 Å². The first kappa shape index (κ1) is 16.0. The van der Waals surface area contributed by atoms with Crippen molar-refractivity contribution in [3.63, 3.8) is 0 Å². The van der Waals surface area contributed by atoms with E-state index >= 15 is 0 Å². The molecular weight excluding hydrogens is 348 g/mol. The lowest BCUT2D eigenvalue weighted by atomic mass is 9.75. The van der Waals surface area contributed by atoms with Crippen molar-refractivity contribution in [2.24, 2.45) is 0 Å². The average Bonchev–Trinajstić information content (AvgIpc) is 3.05. The molecule has 0 saturated carbocycles. The second-order valence-corrected chi connectivity index (χ2v) is 6.77. The number of aromatic hydroxyl groups is 1. The fourth-order valence-electron chi connectivity index (χ4n) is 4.05. The third kappa shape index (κ3) is 2.20. The van der Waals surface area contributed by atoms with Crippen molar-refractivity contribution in [2.45, 2.75) is 24.7 Å². The highest BCUT2D eigenvalue weighted by Crippen LogP contribution is 2.47. The molecule has 2 aliphatic heterocycles. The van der Waals surface area contributed by atoms with E-state index in [9.17, 15) is 19.5 Å². The van der Waals surface area contributed by atoms with E-state index in [-0.39, 0.29) is 34.4 Å². The number of hydrogen-bond acceptors (Lipinski definition) is 6. The number of carbonyl (C=O) groups excluding carboxylic acids is 3. The maximum Gasteiger partial charge on any atom is 0.309 e. The quantitative estimate of drug-likeness (QED) is 0.784. The Balaban J connectivity index is 1.76. The molecule has 1 N–H and O–H groups in total. The van der Waals surface area contributed by atoms with E-state index in [2.05, 4.69) is 0 Å². The van der Waals surface area contributed by atoms with Crippen molar-refractivity contribution < 1.29 is 29.0 Å². The molecule has 6 heteroatoms. The molecule has 1 saturated heterocycles. The molecule has 3 aliphatic rings. The highest BCUT2D eigenvalue weighted by atomic mass is 16.6. The minimum absolute atomic E-state index is 0.0269. The predicted molar refractivity (Wildman–Crippen MR) is 92.3 cm³/mol. The predicted octanol–water partition coefficient (Wildman–Crippen LogP) is 2.52. The van der Waals surface area contributed by atoms with Crippen LogP contribution in [0.25, 0.3) is 0 Å². The van der Waals surface area contributed by atoms with Crippen molar-refractivity contribution in [3.05, 3.63) is 76.4 Å². The summed E-state index contributed by atoms with van der Waals surface area (Å²) in [5, 5.41) is 10.2. The number of phenolic OH excluding ortho intramolecular Hbond substituents is 1. The van der Waals surface area contributed by atoms with E-state index in [1.54, 1.807) is 12.1 Å². The third-order valence-electron chi connectivity index (χ3n) is 5.22. The molecule has 134 valence electrons. The van der Waals surface area contributed by atoms with E-state index in [0.717, 1.165) is 0 Å². The Morgan fingerprint density at radius 3 is 2.44 bits per heavy atom. The van der Waals surface area contributed by atoms with Crippen molar-refractivity contribution >= 4 is 17.5 Å². The van der Waals surface area contributed by atoms with Crippen molar-refractivity contribution in [1.82, 2.24) is 0 Å². The Morgan fingerprint density at radius 2 is 1.67 bits per heavy atom. The van der Waals surface area contributed by atoms with Crippen LogP contribution in [0.4, 0.5) is 0 Å². The second kappa shape index (κ2) is 5.62. The van der Waals surface area contributed by atoms with Crippen molar-refractivity contribution in [1.29, 1.82) is 0 Å². The monoisotopic (exact) mass is 362 g/mol. The van der Waals surface area contributed by atoms with E-state index in [1.165, 1.54) is 18.2 Å². The van der Waals surface area contributed by atoms with Crippen molar-refractivity contribution in [2.75, 3.05) is 0 Å². The number of ether oxygens (including phenoxy) is 2. The summed E-state index contributed by atoms with van der Waals surface area (Å²) in [5.41, 5.74) is 1.08. The van der Waals surface area contributed by atoms with Crippen LogP contribution in [-0.4, -0.2) is 34.9 Å². The lowest BCUT2D eigenvalue weighted by Gasteiger charge is -2.36. The van der Waals surface area contributed by atoms with Crippen molar-refractivity contribution in [3.8, 4) is 5.75 Å². The minimum Gasteiger partial charge on any atom is -0.507 e. The molecule has 6 nitrogen and oxygen atoms in total. The lowest BCUT2D eigenvalue weighted by molar-refractivity contribution is -0.140. The lowest BCUT2D eigenvalue weighted by Crippen LogP contribution is -2.42. The molecule has 2 aromatic carbocycles. The van der Waals surface area contributed by atoms with E-state index < -0.39 is 35.8 Å². The summed E-state index contributed by atoms with van der Waals surface area (Å²) in [7, 11) is 0. The summed E-state index contributed by atoms with van der Waals surface area (Å²) < 4.78 is 11.4. The molecule has 3 atom stereocenters. The van der Waals surface area contributed by atoms with Gasteiger partial charge < -0.3 is 14.6 Å². The van der Waals surface area contributed by atoms with Crippen LogP contribution >= 0.6 is 0 Å². The largest absolute Gasteiger partial charge is 0.507 e. The molecule has 0 radical (unpaired) electrons. The Bertz CT molecular complexity index is 1040. The van der Waals surface area contributed by atoms with Crippen LogP contribution in [0.3, 0.4) is 0 Å². The summed E-state index contributed by atoms with van der Waals surface area (Å²) in [6.07, 6.45) is -2.31. The third-order valence-corrected chi connectivity index (χ3v) is 5.22. The van der Waals surface area contributed by atoms with Crippen LogP contribution < -0.4 is 0 Å². The van der Waals surface area contributed by atoms with Crippen LogP contribution in [0.5, 0.6) is 5.75 Å². The normalized spacial score (nSPS) is 26.4. The van der Waals surface area contributed by atoms with Gasteiger partial charge in [-0.1, -0.05) is 42.5 Å². The van der Waals surface area contributed by atoms with Crippen LogP contribution in [0.2, 0.25) is 0 Å². The number of esters is 1. The SMILES string of the molecule is O=C1C[C@H]2O[C@@H](c3ccccc3)C3=C(C(=O)c4cccc(O)c4C3=O)[C@H]2O1. The summed E-state index contributed by atoms with van der Waals surface area (Å²) in [5.74, 6) is -1.61. The fourth-order valence-corrected chi connectivity index (χ4v) is 4.05. The van der Waals surface area contributed by atoms with Gasteiger partial charge in [-0.15, -0.1) is 0 Å². The minimum atomic E-state index is -0.903. The van der Waals surface area contributed by atoms with Gasteiger partial charge in [-0.25, -0.2) is 0 Å². The molecule has 0 amide bonds. The number of benzene rings is 2. The molecule has 0 bridgehead atoms. The molecule has 2 aromatic rings. The number of phenols is 1. The molecule has 2 heterocycles. The molecule has 5 rings (SSSR count). The average molecular weight is 362 g/mol. The number of fused-ring (bicyclic) bond motifs is 3. The van der Waals surface area contributed by atoms with Crippen LogP contribution in [-0.2, 0) is 14.3 Å². The Hall–Kier alpha value is -3.25. The number of ketones is 2. The van der Waals surface area contributed by atoms with Crippen LogP contribution in [0.1, 0.15) is 38.8 Å². The summed E-state index contributed by atoms with van der Waals surface area (Å²) in [6, 6.07) is 13.4. The summed E-state index contributed by atoms with van der Waals surface area (Å²) in [4.78, 5) is 38.3. The number of rotatable bonds is 1.